The summed E-state index contributed by atoms with van der Waals surface area (Å²) in [7, 11) is 0. The Hall–Kier alpha value is -2.63. The predicted molar refractivity (Wildman–Crippen MR) is 85.3 cm³/mol. The molecule has 1 saturated heterocycles. The molecule has 0 unspecified atom stereocenters. The third kappa shape index (κ3) is 3.59. The number of carbonyl (C=O) groups is 2. The van der Waals surface area contributed by atoms with E-state index in [-0.39, 0.29) is 11.8 Å². The first-order valence-corrected chi connectivity index (χ1v) is 7.74. The van der Waals surface area contributed by atoms with Crippen LogP contribution in [-0.2, 0) is 11.2 Å². The quantitative estimate of drug-likeness (QED) is 0.917. The van der Waals surface area contributed by atoms with E-state index in [0.717, 1.165) is 30.1 Å². The molecule has 0 bridgehead atoms. The van der Waals surface area contributed by atoms with Crippen LogP contribution in [-0.4, -0.2) is 30.1 Å². The summed E-state index contributed by atoms with van der Waals surface area (Å²) in [5, 5.41) is 6.75. The van der Waals surface area contributed by atoms with Crippen LogP contribution >= 0.6 is 0 Å². The normalized spacial score (nSPS) is 14.3. The van der Waals surface area contributed by atoms with Crippen molar-refractivity contribution >= 4 is 17.5 Å². The van der Waals surface area contributed by atoms with E-state index in [2.05, 4.69) is 10.5 Å². The number of hydrogen-bond donors (Lipinski definition) is 1. The third-order valence-corrected chi connectivity index (χ3v) is 3.84. The Morgan fingerprint density at radius 2 is 2.26 bits per heavy atom. The molecule has 1 aliphatic heterocycles. The first-order valence-electron chi connectivity index (χ1n) is 7.74. The minimum atomic E-state index is -0.154. The fourth-order valence-corrected chi connectivity index (χ4v) is 2.68. The van der Waals surface area contributed by atoms with Gasteiger partial charge in [0.1, 0.15) is 5.76 Å². The summed E-state index contributed by atoms with van der Waals surface area (Å²) < 4.78 is 4.99. The molecule has 1 fully saturated rings. The second kappa shape index (κ2) is 6.64. The highest BCUT2D eigenvalue weighted by Crippen LogP contribution is 2.22. The second-order valence-corrected chi connectivity index (χ2v) is 5.63. The van der Waals surface area contributed by atoms with E-state index in [1.165, 1.54) is 0 Å². The smallest absolute Gasteiger partial charge is 0.251 e. The van der Waals surface area contributed by atoms with Crippen LogP contribution in [0.3, 0.4) is 0 Å². The lowest BCUT2D eigenvalue weighted by Crippen LogP contribution is -2.27. The summed E-state index contributed by atoms with van der Waals surface area (Å²) >= 11 is 0. The molecule has 3 rings (SSSR count). The number of rotatable bonds is 5. The molecule has 0 spiro atoms. The van der Waals surface area contributed by atoms with Gasteiger partial charge in [0.15, 0.2) is 0 Å². The number of amides is 2. The number of nitrogens with zero attached hydrogens (tertiary/aromatic N) is 2. The van der Waals surface area contributed by atoms with Crippen LogP contribution in [0.25, 0.3) is 0 Å². The largest absolute Gasteiger partial charge is 0.361 e. The zero-order chi connectivity index (χ0) is 16.2. The fourth-order valence-electron chi connectivity index (χ4n) is 2.68. The van der Waals surface area contributed by atoms with Crippen LogP contribution in [0.5, 0.6) is 0 Å². The Labute approximate surface area is 134 Å². The van der Waals surface area contributed by atoms with Crippen LogP contribution in [0, 0.1) is 6.92 Å². The average Bonchev–Trinajstić information content (AvgIpc) is 3.16. The zero-order valence-corrected chi connectivity index (χ0v) is 13.0. The topological polar surface area (TPSA) is 75.4 Å². The SMILES string of the molecule is Cc1cc(CCNC(=O)c2cccc(N3CCCC3=O)c2)no1. The average molecular weight is 313 g/mol. The Bertz CT molecular complexity index is 723. The highest BCUT2D eigenvalue weighted by atomic mass is 16.5. The van der Waals surface area contributed by atoms with Gasteiger partial charge in [0.25, 0.3) is 5.91 Å². The van der Waals surface area contributed by atoms with Crippen molar-refractivity contribution < 1.29 is 14.1 Å². The highest BCUT2D eigenvalue weighted by Gasteiger charge is 2.22. The van der Waals surface area contributed by atoms with E-state index in [0.29, 0.717) is 24.9 Å². The lowest BCUT2D eigenvalue weighted by molar-refractivity contribution is -0.117. The van der Waals surface area contributed by atoms with Crippen molar-refractivity contribution in [1.82, 2.24) is 10.5 Å². The number of anilines is 1. The minimum absolute atomic E-state index is 0.115. The molecule has 0 atom stereocenters. The third-order valence-electron chi connectivity index (χ3n) is 3.84. The number of carbonyl (C=O) groups excluding carboxylic acids is 2. The van der Waals surface area contributed by atoms with Gasteiger partial charge >= 0.3 is 0 Å². The number of nitrogens with one attached hydrogen (secondary N) is 1. The van der Waals surface area contributed by atoms with Crippen molar-refractivity contribution in [1.29, 1.82) is 0 Å². The maximum absolute atomic E-state index is 12.2. The fraction of sp³-hybridized carbons (Fsp3) is 0.353. The van der Waals surface area contributed by atoms with E-state index in [9.17, 15) is 9.59 Å². The number of aryl methyl sites for hydroxylation is 1. The molecule has 6 nitrogen and oxygen atoms in total. The molecular formula is C17H19N3O3. The van der Waals surface area contributed by atoms with Crippen LogP contribution in [0.2, 0.25) is 0 Å². The van der Waals surface area contributed by atoms with Crippen molar-refractivity contribution in [2.45, 2.75) is 26.2 Å². The summed E-state index contributed by atoms with van der Waals surface area (Å²) in [6, 6.07) is 9.03. The van der Waals surface area contributed by atoms with Gasteiger partial charge in [-0.15, -0.1) is 0 Å². The van der Waals surface area contributed by atoms with Gasteiger partial charge in [-0.25, -0.2) is 0 Å². The monoisotopic (exact) mass is 313 g/mol. The molecule has 1 aromatic carbocycles. The van der Waals surface area contributed by atoms with Gasteiger partial charge in [0.05, 0.1) is 5.69 Å². The van der Waals surface area contributed by atoms with Gasteiger partial charge < -0.3 is 14.7 Å². The Morgan fingerprint density at radius 1 is 1.39 bits per heavy atom. The Kier molecular flexibility index (Phi) is 4.41. The van der Waals surface area contributed by atoms with E-state index >= 15 is 0 Å². The number of hydrogen-bond acceptors (Lipinski definition) is 4. The molecule has 2 heterocycles. The summed E-state index contributed by atoms with van der Waals surface area (Å²) in [5.41, 5.74) is 2.16. The molecule has 23 heavy (non-hydrogen) atoms. The maximum atomic E-state index is 12.2. The minimum Gasteiger partial charge on any atom is -0.361 e. The van der Waals surface area contributed by atoms with E-state index in [1.807, 2.05) is 19.1 Å². The van der Waals surface area contributed by atoms with Crippen molar-refractivity contribution in [2.24, 2.45) is 0 Å². The standard InChI is InChI=1S/C17H19N3O3/c1-12-10-14(19-23-12)7-8-18-17(22)13-4-2-5-15(11-13)20-9-3-6-16(20)21/h2,4-5,10-11H,3,6-9H2,1H3,(H,18,22). The van der Waals surface area contributed by atoms with Gasteiger partial charge in [0.2, 0.25) is 5.91 Å². The molecule has 2 amide bonds. The molecular weight excluding hydrogens is 294 g/mol. The van der Waals surface area contributed by atoms with Gasteiger partial charge in [-0.1, -0.05) is 11.2 Å². The highest BCUT2D eigenvalue weighted by molar-refractivity contribution is 5.99. The molecule has 0 aliphatic carbocycles. The van der Waals surface area contributed by atoms with Crippen molar-refractivity contribution in [2.75, 3.05) is 18.0 Å². The van der Waals surface area contributed by atoms with Gasteiger partial charge in [-0.2, -0.15) is 0 Å². The summed E-state index contributed by atoms with van der Waals surface area (Å²) in [4.78, 5) is 25.8. The Balaban J connectivity index is 1.59. The lowest BCUT2D eigenvalue weighted by atomic mass is 10.1. The first-order chi connectivity index (χ1) is 11.1. The predicted octanol–water partition coefficient (Wildman–Crippen LogP) is 2.08. The zero-order valence-electron chi connectivity index (χ0n) is 13.0. The van der Waals surface area contributed by atoms with Crippen molar-refractivity contribution in [3.8, 4) is 0 Å². The molecule has 0 radical (unpaired) electrons. The molecule has 2 aromatic rings. The number of aromatic nitrogens is 1. The van der Waals surface area contributed by atoms with Crippen molar-refractivity contribution in [3.63, 3.8) is 0 Å². The van der Waals surface area contributed by atoms with Gasteiger partial charge in [-0.3, -0.25) is 9.59 Å². The number of benzene rings is 1. The molecule has 1 aliphatic rings. The Morgan fingerprint density at radius 3 is 2.96 bits per heavy atom. The van der Waals surface area contributed by atoms with Crippen LogP contribution in [0.4, 0.5) is 5.69 Å². The molecule has 1 N–H and O–H groups in total. The van der Waals surface area contributed by atoms with E-state index in [1.54, 1.807) is 23.1 Å². The second-order valence-electron chi connectivity index (χ2n) is 5.63. The maximum Gasteiger partial charge on any atom is 0.251 e. The van der Waals surface area contributed by atoms with Crippen LogP contribution < -0.4 is 10.2 Å². The summed E-state index contributed by atoms with van der Waals surface area (Å²) in [6.45, 7) is 3.04. The molecule has 0 saturated carbocycles. The van der Waals surface area contributed by atoms with Gasteiger partial charge in [-0.05, 0) is 31.5 Å². The van der Waals surface area contributed by atoms with E-state index < -0.39 is 0 Å². The first kappa shape index (κ1) is 15.3. The summed E-state index contributed by atoms with van der Waals surface area (Å²) in [6.07, 6.45) is 2.06. The molecule has 6 heteroatoms. The van der Waals surface area contributed by atoms with Gasteiger partial charge in [0, 0.05) is 43.2 Å². The van der Waals surface area contributed by atoms with Crippen molar-refractivity contribution in [3.05, 3.63) is 47.3 Å². The van der Waals surface area contributed by atoms with Crippen LogP contribution in [0.15, 0.2) is 34.9 Å². The van der Waals surface area contributed by atoms with E-state index in [4.69, 9.17) is 4.52 Å². The summed E-state index contributed by atoms with van der Waals surface area (Å²) in [5.74, 6) is 0.719. The van der Waals surface area contributed by atoms with Crippen LogP contribution in [0.1, 0.15) is 34.7 Å². The lowest BCUT2D eigenvalue weighted by Gasteiger charge is -2.16. The molecule has 1 aromatic heterocycles. The molecule has 120 valence electrons.